The Labute approximate surface area is 118 Å². The summed E-state index contributed by atoms with van der Waals surface area (Å²) in [5.41, 5.74) is 1.29. The van der Waals surface area contributed by atoms with Gasteiger partial charge in [0.15, 0.2) is 0 Å². The van der Waals surface area contributed by atoms with Crippen LogP contribution in [-0.2, 0) is 11.3 Å². The van der Waals surface area contributed by atoms with Crippen LogP contribution in [0.2, 0.25) is 0 Å². The lowest BCUT2D eigenvalue weighted by Crippen LogP contribution is -1.97. The van der Waals surface area contributed by atoms with Crippen molar-refractivity contribution in [2.45, 2.75) is 58.5 Å². The molecule has 0 amide bonds. The molecule has 1 heteroatoms. The third-order valence-electron chi connectivity index (χ3n) is 4.24. The van der Waals surface area contributed by atoms with Gasteiger partial charge in [-0.25, -0.2) is 0 Å². The highest BCUT2D eigenvalue weighted by Crippen LogP contribution is 2.44. The molecule has 0 aromatic heterocycles. The van der Waals surface area contributed by atoms with E-state index in [1.807, 2.05) is 0 Å². The van der Waals surface area contributed by atoms with Gasteiger partial charge >= 0.3 is 0 Å². The molecular formula is C18H28O. The topological polar surface area (TPSA) is 9.23 Å². The van der Waals surface area contributed by atoms with E-state index in [4.69, 9.17) is 4.74 Å². The second-order valence-electron chi connectivity index (χ2n) is 5.93. The Morgan fingerprint density at radius 2 is 1.79 bits per heavy atom. The lowest BCUT2D eigenvalue weighted by Gasteiger charge is -2.04. The Morgan fingerprint density at radius 1 is 1.00 bits per heavy atom. The van der Waals surface area contributed by atoms with E-state index in [0.717, 1.165) is 25.0 Å². The summed E-state index contributed by atoms with van der Waals surface area (Å²) >= 11 is 0. The van der Waals surface area contributed by atoms with E-state index in [1.165, 1.54) is 50.5 Å². The van der Waals surface area contributed by atoms with Crippen molar-refractivity contribution < 1.29 is 4.74 Å². The van der Waals surface area contributed by atoms with E-state index in [-0.39, 0.29) is 0 Å². The molecule has 1 fully saturated rings. The van der Waals surface area contributed by atoms with Crippen LogP contribution in [0.15, 0.2) is 30.3 Å². The van der Waals surface area contributed by atoms with Gasteiger partial charge < -0.3 is 4.74 Å². The highest BCUT2D eigenvalue weighted by Gasteiger charge is 2.35. The third-order valence-corrected chi connectivity index (χ3v) is 4.24. The monoisotopic (exact) mass is 260 g/mol. The van der Waals surface area contributed by atoms with Gasteiger partial charge in [-0.3, -0.25) is 0 Å². The molecule has 1 nitrogen and oxygen atoms in total. The van der Waals surface area contributed by atoms with Crippen molar-refractivity contribution in [2.24, 2.45) is 11.8 Å². The average Bonchev–Trinajstić information content (AvgIpc) is 3.20. The second-order valence-corrected chi connectivity index (χ2v) is 5.93. The molecule has 0 heterocycles. The van der Waals surface area contributed by atoms with Gasteiger partial charge in [-0.15, -0.1) is 0 Å². The standard InChI is InChI=1S/C18H28O/c1-2-3-4-8-11-17-14-18(17)12-13-19-15-16-9-6-5-7-10-16/h5-7,9-10,17-18H,2-4,8,11-15H2,1H3. The van der Waals surface area contributed by atoms with Gasteiger partial charge in [-0.2, -0.15) is 0 Å². The van der Waals surface area contributed by atoms with Crippen LogP contribution in [0.25, 0.3) is 0 Å². The van der Waals surface area contributed by atoms with E-state index < -0.39 is 0 Å². The molecule has 2 rings (SSSR count). The van der Waals surface area contributed by atoms with Gasteiger partial charge in [-0.05, 0) is 30.2 Å². The molecule has 106 valence electrons. The van der Waals surface area contributed by atoms with Crippen LogP contribution >= 0.6 is 0 Å². The number of ether oxygens (including phenoxy) is 1. The summed E-state index contributed by atoms with van der Waals surface area (Å²) in [5, 5.41) is 0. The van der Waals surface area contributed by atoms with E-state index in [9.17, 15) is 0 Å². The van der Waals surface area contributed by atoms with Gasteiger partial charge in [-0.1, -0.05) is 69.4 Å². The van der Waals surface area contributed by atoms with Gasteiger partial charge in [0.2, 0.25) is 0 Å². The van der Waals surface area contributed by atoms with Crippen LogP contribution in [0.3, 0.4) is 0 Å². The maximum Gasteiger partial charge on any atom is 0.0716 e. The highest BCUT2D eigenvalue weighted by atomic mass is 16.5. The summed E-state index contributed by atoms with van der Waals surface area (Å²) in [4.78, 5) is 0. The summed E-state index contributed by atoms with van der Waals surface area (Å²) < 4.78 is 5.76. The lowest BCUT2D eigenvalue weighted by atomic mass is 10.1. The first-order valence-corrected chi connectivity index (χ1v) is 8.02. The zero-order valence-corrected chi connectivity index (χ0v) is 12.3. The summed E-state index contributed by atoms with van der Waals surface area (Å²) in [7, 11) is 0. The largest absolute Gasteiger partial charge is 0.377 e. The van der Waals surface area contributed by atoms with Crippen molar-refractivity contribution in [2.75, 3.05) is 6.61 Å². The van der Waals surface area contributed by atoms with Gasteiger partial charge in [0, 0.05) is 6.61 Å². The maximum absolute atomic E-state index is 5.76. The molecule has 0 bridgehead atoms. The molecule has 2 atom stereocenters. The number of unbranched alkanes of at least 4 members (excludes halogenated alkanes) is 3. The summed E-state index contributed by atoms with van der Waals surface area (Å²) in [6.07, 6.45) is 9.83. The molecule has 19 heavy (non-hydrogen) atoms. The van der Waals surface area contributed by atoms with E-state index in [1.54, 1.807) is 0 Å². The number of rotatable bonds is 10. The van der Waals surface area contributed by atoms with Gasteiger partial charge in [0.05, 0.1) is 6.61 Å². The minimum Gasteiger partial charge on any atom is -0.377 e. The van der Waals surface area contributed by atoms with Crippen LogP contribution in [-0.4, -0.2) is 6.61 Å². The molecule has 0 N–H and O–H groups in total. The SMILES string of the molecule is CCCCCCC1CC1CCOCc1ccccc1. The van der Waals surface area contributed by atoms with Gasteiger partial charge in [0.1, 0.15) is 0 Å². The van der Waals surface area contributed by atoms with Crippen molar-refractivity contribution in [3.8, 4) is 0 Å². The minimum absolute atomic E-state index is 0.773. The summed E-state index contributed by atoms with van der Waals surface area (Å²) in [6, 6.07) is 10.5. The molecule has 1 aromatic rings. The highest BCUT2D eigenvalue weighted by molar-refractivity contribution is 5.13. The molecule has 0 radical (unpaired) electrons. The Balaban J connectivity index is 1.45. The Hall–Kier alpha value is -0.820. The third kappa shape index (κ3) is 5.78. The van der Waals surface area contributed by atoms with E-state index in [2.05, 4.69) is 37.3 Å². The quantitative estimate of drug-likeness (QED) is 0.525. The van der Waals surface area contributed by atoms with Crippen molar-refractivity contribution in [3.63, 3.8) is 0 Å². The minimum atomic E-state index is 0.773. The van der Waals surface area contributed by atoms with E-state index >= 15 is 0 Å². The van der Waals surface area contributed by atoms with Gasteiger partial charge in [0.25, 0.3) is 0 Å². The van der Waals surface area contributed by atoms with Crippen molar-refractivity contribution >= 4 is 0 Å². The smallest absolute Gasteiger partial charge is 0.0716 e. The fourth-order valence-corrected chi connectivity index (χ4v) is 2.85. The summed E-state index contributed by atoms with van der Waals surface area (Å²) in [5.74, 6) is 1.99. The predicted molar refractivity (Wildman–Crippen MR) is 81.1 cm³/mol. The Morgan fingerprint density at radius 3 is 2.58 bits per heavy atom. The Kier molecular flexibility index (Phi) is 6.43. The molecule has 1 aromatic carbocycles. The molecule has 0 aliphatic heterocycles. The average molecular weight is 260 g/mol. The van der Waals surface area contributed by atoms with Crippen LogP contribution < -0.4 is 0 Å². The first-order valence-electron chi connectivity index (χ1n) is 8.02. The summed E-state index contributed by atoms with van der Waals surface area (Å²) in [6.45, 7) is 3.99. The molecule has 1 aliphatic carbocycles. The second kappa shape index (κ2) is 8.37. The van der Waals surface area contributed by atoms with Crippen LogP contribution in [0, 0.1) is 11.8 Å². The van der Waals surface area contributed by atoms with E-state index in [0.29, 0.717) is 0 Å². The molecule has 2 unspecified atom stereocenters. The zero-order valence-electron chi connectivity index (χ0n) is 12.3. The first kappa shape index (κ1) is 14.6. The maximum atomic E-state index is 5.76. The van der Waals surface area contributed by atoms with Crippen molar-refractivity contribution in [1.29, 1.82) is 0 Å². The molecule has 1 aliphatic rings. The molecule has 0 saturated heterocycles. The lowest BCUT2D eigenvalue weighted by molar-refractivity contribution is 0.114. The fourth-order valence-electron chi connectivity index (χ4n) is 2.85. The first-order chi connectivity index (χ1) is 9.40. The normalized spacial score (nSPS) is 21.5. The van der Waals surface area contributed by atoms with Crippen LogP contribution in [0.5, 0.6) is 0 Å². The molecular weight excluding hydrogens is 232 g/mol. The van der Waals surface area contributed by atoms with Crippen molar-refractivity contribution in [1.82, 2.24) is 0 Å². The number of hydrogen-bond acceptors (Lipinski definition) is 1. The number of hydrogen-bond donors (Lipinski definition) is 0. The zero-order chi connectivity index (χ0) is 13.3. The fraction of sp³-hybridized carbons (Fsp3) is 0.667. The molecule has 0 spiro atoms. The Bertz CT molecular complexity index is 333. The number of benzene rings is 1. The van der Waals surface area contributed by atoms with Crippen LogP contribution in [0.1, 0.15) is 57.4 Å². The van der Waals surface area contributed by atoms with Crippen LogP contribution in [0.4, 0.5) is 0 Å². The molecule has 1 saturated carbocycles. The van der Waals surface area contributed by atoms with Crippen molar-refractivity contribution in [3.05, 3.63) is 35.9 Å². The predicted octanol–water partition coefficient (Wildman–Crippen LogP) is 5.20.